The number of nitrogens with one attached hydrogen (secondary N) is 1. The molecular formula is C13H17BrN6O3. The maximum absolute atomic E-state index is 12.0. The molecule has 1 amide bonds. The van der Waals surface area contributed by atoms with Crippen LogP contribution < -0.4 is 5.32 Å². The predicted octanol–water partition coefficient (Wildman–Crippen LogP) is 1.83. The van der Waals surface area contributed by atoms with Gasteiger partial charge in [0.05, 0.1) is 15.1 Å². The van der Waals surface area contributed by atoms with Crippen molar-refractivity contribution in [2.45, 2.75) is 32.9 Å². The van der Waals surface area contributed by atoms with Crippen LogP contribution in [0.1, 0.15) is 25.1 Å². The van der Waals surface area contributed by atoms with Crippen molar-refractivity contribution >= 4 is 27.5 Å². The second-order valence-electron chi connectivity index (χ2n) is 5.08. The molecule has 0 fully saturated rings. The number of rotatable bonds is 7. The molecule has 0 aliphatic carbocycles. The zero-order valence-electron chi connectivity index (χ0n) is 12.8. The molecule has 23 heavy (non-hydrogen) atoms. The largest absolute Gasteiger partial charge is 0.354 e. The van der Waals surface area contributed by atoms with Crippen LogP contribution in [0.5, 0.6) is 0 Å². The SMILES string of the molecule is Cc1nn(CCCNC(=O)C(C)n2cc([N+](=O)[O-])cn2)cc1Br. The molecule has 0 bridgehead atoms. The molecule has 0 aromatic carbocycles. The number of carbonyl (C=O) groups excluding carboxylic acids is 1. The number of nitrogens with zero attached hydrogens (tertiary/aromatic N) is 5. The van der Waals surface area contributed by atoms with Crippen molar-refractivity contribution in [1.29, 1.82) is 0 Å². The van der Waals surface area contributed by atoms with Crippen LogP contribution in [0.3, 0.4) is 0 Å². The first kappa shape index (κ1) is 17.1. The Morgan fingerprint density at radius 1 is 1.52 bits per heavy atom. The zero-order chi connectivity index (χ0) is 17.0. The molecule has 0 aliphatic rings. The van der Waals surface area contributed by atoms with E-state index in [1.165, 1.54) is 10.9 Å². The summed E-state index contributed by atoms with van der Waals surface area (Å²) < 4.78 is 4.04. The van der Waals surface area contributed by atoms with Gasteiger partial charge in [0.15, 0.2) is 0 Å². The fraction of sp³-hybridized carbons (Fsp3) is 0.462. The Labute approximate surface area is 140 Å². The highest BCUT2D eigenvalue weighted by atomic mass is 79.9. The Kier molecular flexibility index (Phi) is 5.48. The van der Waals surface area contributed by atoms with Gasteiger partial charge in [-0.2, -0.15) is 10.2 Å². The van der Waals surface area contributed by atoms with Crippen LogP contribution in [-0.4, -0.2) is 36.9 Å². The summed E-state index contributed by atoms with van der Waals surface area (Å²) in [5.41, 5.74) is 0.784. The number of carbonyl (C=O) groups is 1. The highest BCUT2D eigenvalue weighted by Crippen LogP contribution is 2.14. The quantitative estimate of drug-likeness (QED) is 0.444. The van der Waals surface area contributed by atoms with Gasteiger partial charge in [0.1, 0.15) is 18.4 Å². The minimum Gasteiger partial charge on any atom is -0.354 e. The Balaban J connectivity index is 1.78. The summed E-state index contributed by atoms with van der Waals surface area (Å²) in [4.78, 5) is 22.1. The molecule has 0 saturated heterocycles. The number of aromatic nitrogens is 4. The van der Waals surface area contributed by atoms with Crippen LogP contribution in [0.15, 0.2) is 23.1 Å². The molecule has 1 N–H and O–H groups in total. The molecule has 0 radical (unpaired) electrons. The predicted molar refractivity (Wildman–Crippen MR) is 85.9 cm³/mol. The second kappa shape index (κ2) is 7.36. The third kappa shape index (κ3) is 4.38. The molecule has 124 valence electrons. The minimum atomic E-state index is -0.607. The smallest absolute Gasteiger partial charge is 0.307 e. The van der Waals surface area contributed by atoms with E-state index in [1.807, 2.05) is 17.8 Å². The van der Waals surface area contributed by atoms with Crippen molar-refractivity contribution in [1.82, 2.24) is 24.9 Å². The zero-order valence-corrected chi connectivity index (χ0v) is 14.4. The maximum Gasteiger partial charge on any atom is 0.307 e. The first-order chi connectivity index (χ1) is 10.9. The Morgan fingerprint density at radius 3 is 2.83 bits per heavy atom. The van der Waals surface area contributed by atoms with Gasteiger partial charge in [0.25, 0.3) is 0 Å². The second-order valence-corrected chi connectivity index (χ2v) is 5.94. The van der Waals surface area contributed by atoms with Crippen molar-refractivity contribution in [2.75, 3.05) is 6.54 Å². The summed E-state index contributed by atoms with van der Waals surface area (Å²) in [6, 6.07) is -0.607. The number of aryl methyl sites for hydroxylation is 2. The molecule has 0 aliphatic heterocycles. The molecule has 2 aromatic rings. The van der Waals surface area contributed by atoms with Crippen LogP contribution in [0.25, 0.3) is 0 Å². The summed E-state index contributed by atoms with van der Waals surface area (Å²) in [6.45, 7) is 4.73. The molecular weight excluding hydrogens is 368 g/mol. The number of hydrogen-bond donors (Lipinski definition) is 1. The maximum atomic E-state index is 12.0. The van der Waals surface area contributed by atoms with Crippen molar-refractivity contribution in [2.24, 2.45) is 0 Å². The van der Waals surface area contributed by atoms with E-state index >= 15 is 0 Å². The molecule has 9 nitrogen and oxygen atoms in total. The number of nitro groups is 1. The van der Waals surface area contributed by atoms with Gasteiger partial charge in [-0.05, 0) is 36.2 Å². The monoisotopic (exact) mass is 384 g/mol. The van der Waals surface area contributed by atoms with Crippen LogP contribution in [0.4, 0.5) is 5.69 Å². The van der Waals surface area contributed by atoms with Gasteiger partial charge < -0.3 is 5.32 Å². The van der Waals surface area contributed by atoms with Crippen molar-refractivity contribution in [3.05, 3.63) is 38.9 Å². The minimum absolute atomic E-state index is 0.135. The Bertz CT molecular complexity index is 691. The lowest BCUT2D eigenvalue weighted by Gasteiger charge is -2.12. The summed E-state index contributed by atoms with van der Waals surface area (Å²) in [7, 11) is 0. The van der Waals surface area contributed by atoms with Crippen LogP contribution >= 0.6 is 15.9 Å². The van der Waals surface area contributed by atoms with Crippen molar-refractivity contribution < 1.29 is 9.72 Å². The molecule has 10 heteroatoms. The highest BCUT2D eigenvalue weighted by molar-refractivity contribution is 9.10. The summed E-state index contributed by atoms with van der Waals surface area (Å²) in [5.74, 6) is -0.235. The van der Waals surface area contributed by atoms with Crippen LogP contribution in [-0.2, 0) is 11.3 Å². The lowest BCUT2D eigenvalue weighted by atomic mass is 10.3. The lowest BCUT2D eigenvalue weighted by Crippen LogP contribution is -2.32. The van der Waals surface area contributed by atoms with Gasteiger partial charge in [0.2, 0.25) is 5.91 Å². The summed E-state index contributed by atoms with van der Waals surface area (Å²) in [6.07, 6.45) is 4.99. The summed E-state index contributed by atoms with van der Waals surface area (Å²) >= 11 is 3.39. The van der Waals surface area contributed by atoms with E-state index in [9.17, 15) is 14.9 Å². The molecule has 0 saturated carbocycles. The van der Waals surface area contributed by atoms with E-state index in [2.05, 4.69) is 31.4 Å². The first-order valence-corrected chi connectivity index (χ1v) is 7.83. The van der Waals surface area contributed by atoms with Gasteiger partial charge in [-0.3, -0.25) is 24.3 Å². The lowest BCUT2D eigenvalue weighted by molar-refractivity contribution is -0.385. The fourth-order valence-corrected chi connectivity index (χ4v) is 2.28. The molecule has 1 unspecified atom stereocenters. The van der Waals surface area contributed by atoms with E-state index in [-0.39, 0.29) is 11.6 Å². The molecule has 0 spiro atoms. The van der Waals surface area contributed by atoms with Crippen molar-refractivity contribution in [3.63, 3.8) is 0 Å². The first-order valence-electron chi connectivity index (χ1n) is 7.04. The molecule has 2 aromatic heterocycles. The number of hydrogen-bond acceptors (Lipinski definition) is 5. The number of amides is 1. The third-order valence-electron chi connectivity index (χ3n) is 3.32. The van der Waals surface area contributed by atoms with E-state index in [1.54, 1.807) is 6.92 Å². The standard InChI is InChI=1S/C13H17BrN6O3/c1-9-12(14)8-18(17-9)5-3-4-15-13(21)10(2)19-7-11(6-16-19)20(22)23/h6-8,10H,3-5H2,1-2H3,(H,15,21). The Morgan fingerprint density at radius 2 is 2.26 bits per heavy atom. The highest BCUT2D eigenvalue weighted by Gasteiger charge is 2.18. The van der Waals surface area contributed by atoms with E-state index in [0.29, 0.717) is 13.1 Å². The van der Waals surface area contributed by atoms with Gasteiger partial charge >= 0.3 is 5.69 Å². The normalized spacial score (nSPS) is 12.1. The van der Waals surface area contributed by atoms with Gasteiger partial charge in [-0.25, -0.2) is 0 Å². The van der Waals surface area contributed by atoms with Gasteiger partial charge in [-0.15, -0.1) is 0 Å². The molecule has 2 heterocycles. The van der Waals surface area contributed by atoms with E-state index in [4.69, 9.17) is 0 Å². The molecule has 2 rings (SSSR count). The van der Waals surface area contributed by atoms with E-state index < -0.39 is 11.0 Å². The fourth-order valence-electron chi connectivity index (χ4n) is 1.96. The van der Waals surface area contributed by atoms with Gasteiger partial charge in [-0.1, -0.05) is 0 Å². The van der Waals surface area contributed by atoms with E-state index in [0.717, 1.165) is 22.8 Å². The topological polar surface area (TPSA) is 108 Å². The van der Waals surface area contributed by atoms with Crippen molar-refractivity contribution in [3.8, 4) is 0 Å². The van der Waals surface area contributed by atoms with Crippen LogP contribution in [0.2, 0.25) is 0 Å². The summed E-state index contributed by atoms with van der Waals surface area (Å²) in [5, 5.41) is 21.6. The third-order valence-corrected chi connectivity index (χ3v) is 4.10. The van der Waals surface area contributed by atoms with Crippen LogP contribution in [0, 0.1) is 17.0 Å². The Hall–Kier alpha value is -2.23. The average Bonchev–Trinajstić information content (AvgIpc) is 3.10. The number of halogens is 1. The molecule has 1 atom stereocenters. The average molecular weight is 385 g/mol. The van der Waals surface area contributed by atoms with Gasteiger partial charge in [0, 0.05) is 19.3 Å².